The van der Waals surface area contributed by atoms with Crippen LogP contribution in [0.1, 0.15) is 29.4 Å². The third kappa shape index (κ3) is 3.51. The normalized spacial score (nSPS) is 16.7. The van der Waals surface area contributed by atoms with E-state index in [4.69, 9.17) is 4.74 Å². The number of carbonyl (C=O) groups is 1. The average molecular weight is 363 g/mol. The molecule has 2 aromatic carbocycles. The highest BCUT2D eigenvalue weighted by Gasteiger charge is 2.26. The van der Waals surface area contributed by atoms with Gasteiger partial charge in [0.25, 0.3) is 5.91 Å². The van der Waals surface area contributed by atoms with Crippen molar-refractivity contribution in [1.29, 1.82) is 0 Å². The van der Waals surface area contributed by atoms with Crippen LogP contribution in [0.3, 0.4) is 0 Å². The van der Waals surface area contributed by atoms with Crippen LogP contribution in [0, 0.1) is 0 Å². The molecule has 1 saturated heterocycles. The molecule has 1 atom stereocenters. The summed E-state index contributed by atoms with van der Waals surface area (Å²) < 4.78 is 5.83. The molecule has 26 heavy (non-hydrogen) atoms. The second-order valence-electron chi connectivity index (χ2n) is 6.59. The minimum atomic E-state index is 0.162. The van der Waals surface area contributed by atoms with Crippen molar-refractivity contribution in [3.8, 4) is 21.9 Å². The van der Waals surface area contributed by atoms with E-state index in [2.05, 4.69) is 6.92 Å². The molecule has 0 radical (unpaired) electrons. The second kappa shape index (κ2) is 7.34. The largest absolute Gasteiger partial charge is 0.457 e. The first-order chi connectivity index (χ1) is 12.7. The van der Waals surface area contributed by atoms with Crippen LogP contribution in [-0.2, 0) is 0 Å². The molecule has 0 saturated carbocycles. The van der Waals surface area contributed by atoms with E-state index in [1.165, 1.54) is 0 Å². The Kier molecular flexibility index (Phi) is 4.76. The van der Waals surface area contributed by atoms with Crippen molar-refractivity contribution in [2.75, 3.05) is 6.54 Å². The number of amides is 1. The summed E-state index contributed by atoms with van der Waals surface area (Å²) in [5.74, 6) is 1.79. The molecule has 0 spiro atoms. The zero-order valence-corrected chi connectivity index (χ0v) is 15.5. The van der Waals surface area contributed by atoms with Crippen LogP contribution in [0.25, 0.3) is 10.4 Å². The van der Waals surface area contributed by atoms with Crippen LogP contribution in [0.5, 0.6) is 11.5 Å². The molecule has 1 fully saturated rings. The zero-order chi connectivity index (χ0) is 17.9. The Bertz CT molecular complexity index is 886. The van der Waals surface area contributed by atoms with E-state index in [0.29, 0.717) is 6.04 Å². The first kappa shape index (κ1) is 16.9. The molecule has 3 nitrogen and oxygen atoms in total. The van der Waals surface area contributed by atoms with Gasteiger partial charge in [-0.25, -0.2) is 0 Å². The van der Waals surface area contributed by atoms with Gasteiger partial charge in [0.2, 0.25) is 0 Å². The maximum atomic E-state index is 12.7. The van der Waals surface area contributed by atoms with E-state index in [-0.39, 0.29) is 5.91 Å². The first-order valence-corrected chi connectivity index (χ1v) is 9.76. The standard InChI is InChI=1S/C22H21NO2S/c1-16-6-5-15-23(16)22(24)21-14-13-20(26-21)17-9-11-19(12-10-17)25-18-7-3-2-4-8-18/h2-4,7-14,16H,5-6,15H2,1H3. The number of thiophene rings is 1. The summed E-state index contributed by atoms with van der Waals surface area (Å²) in [5, 5.41) is 0. The SMILES string of the molecule is CC1CCCN1C(=O)c1ccc(-c2ccc(Oc3ccccc3)cc2)s1. The van der Waals surface area contributed by atoms with Crippen LogP contribution in [-0.4, -0.2) is 23.4 Å². The molecule has 0 N–H and O–H groups in total. The Morgan fingerprint density at radius 3 is 2.42 bits per heavy atom. The highest BCUT2D eigenvalue weighted by molar-refractivity contribution is 7.17. The highest BCUT2D eigenvalue weighted by Crippen LogP contribution is 2.32. The van der Waals surface area contributed by atoms with Crippen LogP contribution in [0.15, 0.2) is 66.7 Å². The number of likely N-dealkylation sites (tertiary alicyclic amines) is 1. The minimum absolute atomic E-state index is 0.162. The van der Waals surface area contributed by atoms with Crippen molar-refractivity contribution in [2.45, 2.75) is 25.8 Å². The fourth-order valence-electron chi connectivity index (χ4n) is 3.30. The molecular formula is C22H21NO2S. The molecular weight excluding hydrogens is 342 g/mol. The van der Waals surface area contributed by atoms with Gasteiger partial charge < -0.3 is 9.64 Å². The van der Waals surface area contributed by atoms with E-state index >= 15 is 0 Å². The summed E-state index contributed by atoms with van der Waals surface area (Å²) in [6, 6.07) is 22.1. The van der Waals surface area contributed by atoms with Crippen LogP contribution in [0.2, 0.25) is 0 Å². The molecule has 3 aromatic rings. The number of benzene rings is 2. The van der Waals surface area contributed by atoms with Crippen molar-refractivity contribution in [3.63, 3.8) is 0 Å². The number of para-hydroxylation sites is 1. The molecule has 4 rings (SSSR count). The summed E-state index contributed by atoms with van der Waals surface area (Å²) in [5.41, 5.74) is 1.10. The number of nitrogens with zero attached hydrogens (tertiary/aromatic N) is 1. The average Bonchev–Trinajstić information content (AvgIpc) is 3.32. The second-order valence-corrected chi connectivity index (χ2v) is 7.68. The van der Waals surface area contributed by atoms with Gasteiger partial charge in [-0.1, -0.05) is 18.2 Å². The van der Waals surface area contributed by atoms with Gasteiger partial charge in [0.15, 0.2) is 0 Å². The summed E-state index contributed by atoms with van der Waals surface area (Å²) in [7, 11) is 0. The van der Waals surface area contributed by atoms with Gasteiger partial charge >= 0.3 is 0 Å². The van der Waals surface area contributed by atoms with Gasteiger partial charge in [-0.05, 0) is 73.9 Å². The lowest BCUT2D eigenvalue weighted by Gasteiger charge is -2.20. The topological polar surface area (TPSA) is 29.5 Å². The monoisotopic (exact) mass is 363 g/mol. The predicted molar refractivity (Wildman–Crippen MR) is 106 cm³/mol. The Morgan fingerprint density at radius 2 is 1.73 bits per heavy atom. The summed E-state index contributed by atoms with van der Waals surface area (Å²) >= 11 is 1.56. The van der Waals surface area contributed by atoms with Gasteiger partial charge in [-0.2, -0.15) is 0 Å². The van der Waals surface area contributed by atoms with Crippen molar-refractivity contribution in [2.24, 2.45) is 0 Å². The minimum Gasteiger partial charge on any atom is -0.457 e. The van der Waals surface area contributed by atoms with Crippen LogP contribution >= 0.6 is 11.3 Å². The lowest BCUT2D eigenvalue weighted by atomic mass is 10.2. The Morgan fingerprint density at radius 1 is 1.00 bits per heavy atom. The van der Waals surface area contributed by atoms with Crippen LogP contribution in [0.4, 0.5) is 0 Å². The van der Waals surface area contributed by atoms with E-state index in [9.17, 15) is 4.79 Å². The predicted octanol–water partition coefficient (Wildman–Crippen LogP) is 5.83. The number of hydrogen-bond acceptors (Lipinski definition) is 3. The smallest absolute Gasteiger partial charge is 0.264 e. The molecule has 1 aliphatic heterocycles. The van der Waals surface area contributed by atoms with Crippen LogP contribution < -0.4 is 4.74 Å². The van der Waals surface area contributed by atoms with Gasteiger partial charge in [-0.3, -0.25) is 4.79 Å². The number of hydrogen-bond donors (Lipinski definition) is 0. The molecule has 0 aliphatic carbocycles. The highest BCUT2D eigenvalue weighted by atomic mass is 32.1. The first-order valence-electron chi connectivity index (χ1n) is 8.95. The Labute approximate surface area is 157 Å². The molecule has 1 aliphatic rings. The van der Waals surface area contributed by atoms with Gasteiger partial charge in [-0.15, -0.1) is 11.3 Å². The van der Waals surface area contributed by atoms with E-state index in [1.807, 2.05) is 71.6 Å². The van der Waals surface area contributed by atoms with Crippen molar-refractivity contribution in [1.82, 2.24) is 4.90 Å². The number of carbonyl (C=O) groups excluding carboxylic acids is 1. The fraction of sp³-hybridized carbons (Fsp3) is 0.227. The van der Waals surface area contributed by atoms with Crippen molar-refractivity contribution >= 4 is 17.2 Å². The summed E-state index contributed by atoms with van der Waals surface area (Å²) in [6.07, 6.45) is 2.21. The molecule has 1 aromatic heterocycles. The van der Waals surface area contributed by atoms with Gasteiger partial charge in [0.1, 0.15) is 11.5 Å². The Balaban J connectivity index is 1.48. The summed E-state index contributed by atoms with van der Waals surface area (Å²) in [4.78, 5) is 16.6. The Hall–Kier alpha value is -2.59. The molecule has 4 heteroatoms. The van der Waals surface area contributed by atoms with E-state index in [1.54, 1.807) is 11.3 Å². The lowest BCUT2D eigenvalue weighted by Crippen LogP contribution is -2.32. The third-order valence-corrected chi connectivity index (χ3v) is 5.87. The third-order valence-electron chi connectivity index (χ3n) is 4.75. The molecule has 1 amide bonds. The maximum absolute atomic E-state index is 12.7. The quantitative estimate of drug-likeness (QED) is 0.583. The zero-order valence-electron chi connectivity index (χ0n) is 14.7. The lowest BCUT2D eigenvalue weighted by molar-refractivity contribution is 0.0752. The van der Waals surface area contributed by atoms with E-state index in [0.717, 1.165) is 46.2 Å². The summed E-state index contributed by atoms with van der Waals surface area (Å²) in [6.45, 7) is 3.00. The van der Waals surface area contributed by atoms with Gasteiger partial charge in [0.05, 0.1) is 4.88 Å². The maximum Gasteiger partial charge on any atom is 0.264 e. The van der Waals surface area contributed by atoms with Gasteiger partial charge in [0, 0.05) is 17.5 Å². The van der Waals surface area contributed by atoms with Crippen molar-refractivity contribution < 1.29 is 9.53 Å². The number of ether oxygens (including phenoxy) is 1. The number of rotatable bonds is 4. The fourth-order valence-corrected chi connectivity index (χ4v) is 4.26. The van der Waals surface area contributed by atoms with Crippen molar-refractivity contribution in [3.05, 3.63) is 71.6 Å². The molecule has 132 valence electrons. The van der Waals surface area contributed by atoms with E-state index < -0.39 is 0 Å². The molecule has 1 unspecified atom stereocenters. The molecule has 2 heterocycles. The molecule has 0 bridgehead atoms.